The van der Waals surface area contributed by atoms with Gasteiger partial charge in [0.25, 0.3) is 0 Å². The number of thioether (sulfide) groups is 1. The van der Waals surface area contributed by atoms with Crippen molar-refractivity contribution in [1.82, 2.24) is 15.5 Å². The lowest BCUT2D eigenvalue weighted by atomic mass is 10.3. The SMILES string of the molecule is CNCCCc1nnc(CSc2ccccc2)s1. The Morgan fingerprint density at radius 2 is 1.94 bits per heavy atom. The van der Waals surface area contributed by atoms with Gasteiger partial charge in [0.05, 0.1) is 5.75 Å². The van der Waals surface area contributed by atoms with Crippen LogP contribution in [0.3, 0.4) is 0 Å². The molecule has 0 aliphatic heterocycles. The summed E-state index contributed by atoms with van der Waals surface area (Å²) in [5.74, 6) is 0.910. The molecule has 1 aromatic carbocycles. The summed E-state index contributed by atoms with van der Waals surface area (Å²) in [6.07, 6.45) is 2.14. The van der Waals surface area contributed by atoms with Gasteiger partial charge in [0, 0.05) is 11.3 Å². The van der Waals surface area contributed by atoms with E-state index in [-0.39, 0.29) is 0 Å². The summed E-state index contributed by atoms with van der Waals surface area (Å²) >= 11 is 3.54. The Labute approximate surface area is 116 Å². The minimum atomic E-state index is 0.910. The average molecular weight is 279 g/mol. The van der Waals surface area contributed by atoms with Crippen LogP contribution in [-0.4, -0.2) is 23.8 Å². The minimum Gasteiger partial charge on any atom is -0.320 e. The molecule has 2 rings (SSSR count). The Morgan fingerprint density at radius 1 is 1.17 bits per heavy atom. The van der Waals surface area contributed by atoms with Gasteiger partial charge in [-0.1, -0.05) is 18.2 Å². The summed E-state index contributed by atoms with van der Waals surface area (Å²) in [5, 5.41) is 13.9. The molecule has 0 fully saturated rings. The molecule has 0 unspecified atom stereocenters. The normalized spacial score (nSPS) is 10.7. The van der Waals surface area contributed by atoms with Crippen LogP contribution in [0.4, 0.5) is 0 Å². The van der Waals surface area contributed by atoms with Crippen molar-refractivity contribution in [2.75, 3.05) is 13.6 Å². The van der Waals surface area contributed by atoms with Crippen molar-refractivity contribution in [3.05, 3.63) is 40.3 Å². The molecule has 0 saturated carbocycles. The molecule has 0 amide bonds. The van der Waals surface area contributed by atoms with E-state index in [9.17, 15) is 0 Å². The van der Waals surface area contributed by atoms with Crippen LogP contribution in [0, 0.1) is 0 Å². The lowest BCUT2D eigenvalue weighted by Crippen LogP contribution is -2.08. The van der Waals surface area contributed by atoms with Gasteiger partial charge >= 0.3 is 0 Å². The third kappa shape index (κ3) is 4.40. The zero-order chi connectivity index (χ0) is 12.6. The van der Waals surface area contributed by atoms with E-state index in [0.29, 0.717) is 0 Å². The molecule has 0 radical (unpaired) electrons. The molecule has 5 heteroatoms. The maximum Gasteiger partial charge on any atom is 0.127 e. The summed E-state index contributed by atoms with van der Waals surface area (Å²) < 4.78 is 0. The molecule has 0 bridgehead atoms. The quantitative estimate of drug-likeness (QED) is 0.624. The molecule has 3 nitrogen and oxygen atoms in total. The second-order valence-corrected chi connectivity index (χ2v) is 6.09. The van der Waals surface area contributed by atoms with E-state index in [4.69, 9.17) is 0 Å². The van der Waals surface area contributed by atoms with E-state index in [0.717, 1.165) is 35.2 Å². The third-order valence-electron chi connectivity index (χ3n) is 2.43. The van der Waals surface area contributed by atoms with Gasteiger partial charge in [-0.3, -0.25) is 0 Å². The van der Waals surface area contributed by atoms with Crippen molar-refractivity contribution in [3.8, 4) is 0 Å². The van der Waals surface area contributed by atoms with Gasteiger partial charge in [0.1, 0.15) is 10.0 Å². The second kappa shape index (κ2) is 7.51. The lowest BCUT2D eigenvalue weighted by Gasteiger charge is -1.97. The fourth-order valence-corrected chi connectivity index (χ4v) is 3.32. The highest BCUT2D eigenvalue weighted by Gasteiger charge is 2.04. The maximum atomic E-state index is 4.24. The molecule has 1 aromatic heterocycles. The highest BCUT2D eigenvalue weighted by atomic mass is 32.2. The molecule has 0 saturated heterocycles. The summed E-state index contributed by atoms with van der Waals surface area (Å²) in [7, 11) is 1.97. The van der Waals surface area contributed by atoms with Crippen molar-refractivity contribution >= 4 is 23.1 Å². The fraction of sp³-hybridized carbons (Fsp3) is 0.385. The predicted octanol–water partition coefficient (Wildman–Crippen LogP) is 2.98. The first-order chi connectivity index (χ1) is 8.88. The molecule has 2 aromatic rings. The Hall–Kier alpha value is -0.910. The summed E-state index contributed by atoms with van der Waals surface area (Å²) in [6.45, 7) is 1.04. The number of hydrogen-bond donors (Lipinski definition) is 1. The highest BCUT2D eigenvalue weighted by molar-refractivity contribution is 7.98. The molecule has 18 heavy (non-hydrogen) atoms. The van der Waals surface area contributed by atoms with E-state index in [2.05, 4.69) is 39.8 Å². The van der Waals surface area contributed by atoms with E-state index < -0.39 is 0 Å². The summed E-state index contributed by atoms with van der Waals surface area (Å²) in [5.41, 5.74) is 0. The van der Waals surface area contributed by atoms with E-state index in [1.54, 1.807) is 11.3 Å². The zero-order valence-corrected chi connectivity index (χ0v) is 12.1. The van der Waals surface area contributed by atoms with Crippen LogP contribution < -0.4 is 5.32 Å². The van der Waals surface area contributed by atoms with Crippen molar-refractivity contribution in [2.24, 2.45) is 0 Å². The van der Waals surface area contributed by atoms with Crippen LogP contribution in [0.1, 0.15) is 16.4 Å². The molecule has 1 heterocycles. The van der Waals surface area contributed by atoms with Gasteiger partial charge < -0.3 is 5.32 Å². The second-order valence-electron chi connectivity index (χ2n) is 3.90. The average Bonchev–Trinajstić information content (AvgIpc) is 2.86. The number of aromatic nitrogens is 2. The molecule has 0 aliphatic carbocycles. The molecule has 0 aliphatic rings. The molecule has 1 N–H and O–H groups in total. The topological polar surface area (TPSA) is 37.8 Å². The van der Waals surface area contributed by atoms with E-state index in [1.165, 1.54) is 4.90 Å². The number of hydrogen-bond acceptors (Lipinski definition) is 5. The number of nitrogens with zero attached hydrogens (tertiary/aromatic N) is 2. The Morgan fingerprint density at radius 3 is 2.72 bits per heavy atom. The van der Waals surface area contributed by atoms with Gasteiger partial charge in [-0.25, -0.2) is 0 Å². The number of aryl methyl sites for hydroxylation is 1. The first-order valence-corrected chi connectivity index (χ1v) is 7.82. The number of rotatable bonds is 7. The van der Waals surface area contributed by atoms with Crippen molar-refractivity contribution < 1.29 is 0 Å². The van der Waals surface area contributed by atoms with Crippen LogP contribution in [-0.2, 0) is 12.2 Å². The molecular formula is C13H17N3S2. The standard InChI is InChI=1S/C13H17N3S2/c1-14-9-5-8-12-15-16-13(18-12)10-17-11-6-3-2-4-7-11/h2-4,6-7,14H,5,8-10H2,1H3. The lowest BCUT2D eigenvalue weighted by molar-refractivity contribution is 0.717. The largest absolute Gasteiger partial charge is 0.320 e. The van der Waals surface area contributed by atoms with E-state index in [1.807, 2.05) is 24.9 Å². The van der Waals surface area contributed by atoms with Gasteiger partial charge in [-0.15, -0.1) is 33.3 Å². The first-order valence-electron chi connectivity index (χ1n) is 6.02. The van der Waals surface area contributed by atoms with Crippen molar-refractivity contribution in [3.63, 3.8) is 0 Å². The highest BCUT2D eigenvalue weighted by Crippen LogP contribution is 2.24. The van der Waals surface area contributed by atoms with Crippen LogP contribution in [0.15, 0.2) is 35.2 Å². The molecule has 0 spiro atoms. The molecular weight excluding hydrogens is 262 g/mol. The van der Waals surface area contributed by atoms with Crippen molar-refractivity contribution in [1.29, 1.82) is 0 Å². The van der Waals surface area contributed by atoms with Gasteiger partial charge in [-0.05, 0) is 32.1 Å². The van der Waals surface area contributed by atoms with Crippen LogP contribution >= 0.6 is 23.1 Å². The summed E-state index contributed by atoms with van der Waals surface area (Å²) in [6, 6.07) is 10.4. The zero-order valence-electron chi connectivity index (χ0n) is 10.4. The fourth-order valence-electron chi connectivity index (χ4n) is 1.53. The van der Waals surface area contributed by atoms with Gasteiger partial charge in [-0.2, -0.15) is 0 Å². The Bertz CT molecular complexity index is 456. The van der Waals surface area contributed by atoms with Crippen LogP contribution in [0.2, 0.25) is 0 Å². The molecule has 96 valence electrons. The van der Waals surface area contributed by atoms with E-state index >= 15 is 0 Å². The Balaban J connectivity index is 1.80. The maximum absolute atomic E-state index is 4.24. The first kappa shape index (κ1) is 13.5. The summed E-state index contributed by atoms with van der Waals surface area (Å²) in [4.78, 5) is 1.28. The monoisotopic (exact) mass is 279 g/mol. The van der Waals surface area contributed by atoms with Gasteiger partial charge in [0.2, 0.25) is 0 Å². The smallest absolute Gasteiger partial charge is 0.127 e. The Kier molecular flexibility index (Phi) is 5.64. The van der Waals surface area contributed by atoms with Crippen molar-refractivity contribution in [2.45, 2.75) is 23.5 Å². The number of benzene rings is 1. The number of nitrogens with one attached hydrogen (secondary N) is 1. The predicted molar refractivity (Wildman–Crippen MR) is 78.2 cm³/mol. The van der Waals surface area contributed by atoms with Crippen LogP contribution in [0.5, 0.6) is 0 Å². The third-order valence-corrected chi connectivity index (χ3v) is 4.62. The van der Waals surface area contributed by atoms with Gasteiger partial charge in [0.15, 0.2) is 0 Å². The van der Waals surface area contributed by atoms with Crippen LogP contribution in [0.25, 0.3) is 0 Å². The molecule has 0 atom stereocenters. The minimum absolute atomic E-state index is 0.910.